The molecule has 146 valence electrons. The van der Waals surface area contributed by atoms with Crippen molar-refractivity contribution in [2.24, 2.45) is 5.92 Å². The normalized spacial score (nSPS) is 15.6. The summed E-state index contributed by atoms with van der Waals surface area (Å²) in [5.41, 5.74) is 2.90. The molecule has 3 rings (SSSR count). The van der Waals surface area contributed by atoms with E-state index in [0.717, 1.165) is 50.5 Å². The van der Waals surface area contributed by atoms with Crippen molar-refractivity contribution in [3.63, 3.8) is 0 Å². The van der Waals surface area contributed by atoms with Gasteiger partial charge in [-0.05, 0) is 44.0 Å². The van der Waals surface area contributed by atoms with Crippen molar-refractivity contribution in [1.29, 1.82) is 0 Å². The largest absolute Gasteiger partial charge is 0.336 e. The van der Waals surface area contributed by atoms with E-state index >= 15 is 0 Å². The zero-order chi connectivity index (χ0) is 19.6. The van der Waals surface area contributed by atoms with Gasteiger partial charge in [-0.15, -0.1) is 0 Å². The van der Waals surface area contributed by atoms with Gasteiger partial charge in [-0.25, -0.2) is 9.07 Å². The molecule has 2 heterocycles. The van der Waals surface area contributed by atoms with Crippen LogP contribution < -0.4 is 0 Å². The highest BCUT2D eigenvalue weighted by atomic mass is 19.1. The Morgan fingerprint density at radius 2 is 1.93 bits per heavy atom. The topological polar surface area (TPSA) is 41.4 Å². The van der Waals surface area contributed by atoms with Gasteiger partial charge in [0.25, 0.3) is 5.91 Å². The Hall–Kier alpha value is -2.21. The van der Waals surface area contributed by atoms with Gasteiger partial charge in [-0.1, -0.05) is 26.8 Å². The quantitative estimate of drug-likeness (QED) is 0.809. The summed E-state index contributed by atoms with van der Waals surface area (Å²) < 4.78 is 15.4. The first-order valence-electron chi connectivity index (χ1n) is 9.76. The summed E-state index contributed by atoms with van der Waals surface area (Å²) in [6.45, 7) is 12.6. The van der Waals surface area contributed by atoms with E-state index in [9.17, 15) is 9.18 Å². The predicted octanol–water partition coefficient (Wildman–Crippen LogP) is 3.30. The molecule has 0 aliphatic carbocycles. The minimum atomic E-state index is -0.309. The first-order valence-corrected chi connectivity index (χ1v) is 9.76. The third kappa shape index (κ3) is 4.21. The number of halogens is 1. The third-order valence-corrected chi connectivity index (χ3v) is 5.16. The number of hydrogen-bond acceptors (Lipinski definition) is 3. The van der Waals surface area contributed by atoms with Crippen molar-refractivity contribution in [2.75, 3.05) is 32.7 Å². The van der Waals surface area contributed by atoms with Crippen molar-refractivity contribution in [3.05, 3.63) is 47.0 Å². The number of benzene rings is 1. The highest BCUT2D eigenvalue weighted by Crippen LogP contribution is 2.23. The van der Waals surface area contributed by atoms with E-state index in [1.54, 1.807) is 10.7 Å². The van der Waals surface area contributed by atoms with Gasteiger partial charge in [0.15, 0.2) is 0 Å². The standard InChI is InChI=1S/C21H29FN4O/c1-5-24-9-11-25(12-10-24)21(27)20-16(4)26(23-19(20)13-15(2)3)18-8-6-7-17(22)14-18/h6-8,14-15H,5,9-13H2,1-4H3. The summed E-state index contributed by atoms with van der Waals surface area (Å²) in [5.74, 6) is 0.113. The van der Waals surface area contributed by atoms with Crippen LogP contribution in [0.4, 0.5) is 4.39 Å². The molecule has 1 fully saturated rings. The molecular weight excluding hydrogens is 343 g/mol. The van der Waals surface area contributed by atoms with E-state index in [0.29, 0.717) is 17.2 Å². The molecule has 0 spiro atoms. The average molecular weight is 372 g/mol. The minimum Gasteiger partial charge on any atom is -0.336 e. The molecule has 1 amide bonds. The minimum absolute atomic E-state index is 0.0431. The van der Waals surface area contributed by atoms with Gasteiger partial charge in [0.05, 0.1) is 22.6 Å². The molecular formula is C21H29FN4O. The first-order chi connectivity index (χ1) is 12.9. The predicted molar refractivity (Wildman–Crippen MR) is 105 cm³/mol. The van der Waals surface area contributed by atoms with Gasteiger partial charge in [0.1, 0.15) is 5.82 Å². The fourth-order valence-corrected chi connectivity index (χ4v) is 3.65. The third-order valence-electron chi connectivity index (χ3n) is 5.16. The van der Waals surface area contributed by atoms with Gasteiger partial charge in [-0.2, -0.15) is 5.10 Å². The van der Waals surface area contributed by atoms with Crippen molar-refractivity contribution < 1.29 is 9.18 Å². The van der Waals surface area contributed by atoms with Crippen molar-refractivity contribution >= 4 is 5.91 Å². The molecule has 0 bridgehead atoms. The van der Waals surface area contributed by atoms with E-state index in [4.69, 9.17) is 5.10 Å². The smallest absolute Gasteiger partial charge is 0.257 e. The van der Waals surface area contributed by atoms with E-state index in [1.807, 2.05) is 17.9 Å². The van der Waals surface area contributed by atoms with Crippen LogP contribution in [0.3, 0.4) is 0 Å². The molecule has 1 saturated heterocycles. The van der Waals surface area contributed by atoms with Gasteiger partial charge >= 0.3 is 0 Å². The van der Waals surface area contributed by atoms with E-state index in [1.165, 1.54) is 12.1 Å². The van der Waals surface area contributed by atoms with Gasteiger partial charge in [0.2, 0.25) is 0 Å². The van der Waals surface area contributed by atoms with Crippen LogP contribution in [-0.4, -0.2) is 58.2 Å². The summed E-state index contributed by atoms with van der Waals surface area (Å²) >= 11 is 0. The molecule has 5 nitrogen and oxygen atoms in total. The molecule has 0 atom stereocenters. The summed E-state index contributed by atoms with van der Waals surface area (Å²) in [6, 6.07) is 6.35. The van der Waals surface area contributed by atoms with E-state index in [2.05, 4.69) is 25.7 Å². The van der Waals surface area contributed by atoms with Crippen LogP contribution in [0.1, 0.15) is 42.5 Å². The van der Waals surface area contributed by atoms with Crippen molar-refractivity contribution in [1.82, 2.24) is 19.6 Å². The Bertz CT molecular complexity index is 807. The van der Waals surface area contributed by atoms with Gasteiger partial charge < -0.3 is 9.80 Å². The molecule has 1 aromatic carbocycles. The molecule has 2 aromatic rings. The second-order valence-corrected chi connectivity index (χ2v) is 7.62. The molecule has 1 aliphatic rings. The Kier molecular flexibility index (Phi) is 5.95. The number of amides is 1. The van der Waals surface area contributed by atoms with Crippen molar-refractivity contribution in [3.8, 4) is 5.69 Å². The summed E-state index contributed by atoms with van der Waals surface area (Å²) in [5, 5.41) is 4.70. The maximum Gasteiger partial charge on any atom is 0.257 e. The number of aromatic nitrogens is 2. The number of hydrogen-bond donors (Lipinski definition) is 0. The second kappa shape index (κ2) is 8.21. The molecule has 0 N–H and O–H groups in total. The highest BCUT2D eigenvalue weighted by molar-refractivity contribution is 5.96. The SMILES string of the molecule is CCN1CCN(C(=O)c2c(CC(C)C)nn(-c3cccc(F)c3)c2C)CC1. The van der Waals surface area contributed by atoms with E-state index < -0.39 is 0 Å². The number of rotatable bonds is 5. The first kappa shape index (κ1) is 19.5. The number of nitrogens with zero attached hydrogens (tertiary/aromatic N) is 4. The summed E-state index contributed by atoms with van der Waals surface area (Å²) in [4.78, 5) is 17.6. The van der Waals surface area contributed by atoms with Crippen LogP contribution in [0.2, 0.25) is 0 Å². The molecule has 0 unspecified atom stereocenters. The van der Waals surface area contributed by atoms with E-state index in [-0.39, 0.29) is 11.7 Å². The zero-order valence-corrected chi connectivity index (χ0v) is 16.7. The second-order valence-electron chi connectivity index (χ2n) is 7.62. The fourth-order valence-electron chi connectivity index (χ4n) is 3.65. The summed E-state index contributed by atoms with van der Waals surface area (Å²) in [6.07, 6.45) is 0.721. The van der Waals surface area contributed by atoms with Crippen LogP contribution in [0.5, 0.6) is 0 Å². The molecule has 6 heteroatoms. The summed E-state index contributed by atoms with van der Waals surface area (Å²) in [7, 11) is 0. The highest BCUT2D eigenvalue weighted by Gasteiger charge is 2.28. The monoisotopic (exact) mass is 372 g/mol. The number of carbonyl (C=O) groups excluding carboxylic acids is 1. The lowest BCUT2D eigenvalue weighted by Gasteiger charge is -2.34. The van der Waals surface area contributed by atoms with Crippen LogP contribution in [0, 0.1) is 18.7 Å². The molecule has 0 saturated carbocycles. The van der Waals surface area contributed by atoms with Crippen LogP contribution in [0.15, 0.2) is 24.3 Å². The Morgan fingerprint density at radius 3 is 2.52 bits per heavy atom. The lowest BCUT2D eigenvalue weighted by Crippen LogP contribution is -2.48. The van der Waals surface area contributed by atoms with Crippen molar-refractivity contribution in [2.45, 2.75) is 34.1 Å². The molecule has 0 radical (unpaired) electrons. The fraction of sp³-hybridized carbons (Fsp3) is 0.524. The maximum atomic E-state index is 13.7. The Balaban J connectivity index is 1.96. The molecule has 1 aromatic heterocycles. The number of carbonyl (C=O) groups is 1. The van der Waals surface area contributed by atoms with Gasteiger partial charge in [-0.3, -0.25) is 4.79 Å². The van der Waals surface area contributed by atoms with Crippen LogP contribution in [-0.2, 0) is 6.42 Å². The molecule has 27 heavy (non-hydrogen) atoms. The number of likely N-dealkylation sites (N-methyl/N-ethyl adjacent to an activating group) is 1. The Morgan fingerprint density at radius 1 is 1.22 bits per heavy atom. The average Bonchev–Trinajstić information content (AvgIpc) is 2.96. The zero-order valence-electron chi connectivity index (χ0n) is 16.7. The molecule has 1 aliphatic heterocycles. The van der Waals surface area contributed by atoms with Gasteiger partial charge in [0, 0.05) is 26.2 Å². The van der Waals surface area contributed by atoms with Crippen LogP contribution in [0.25, 0.3) is 5.69 Å². The lowest BCUT2D eigenvalue weighted by molar-refractivity contribution is 0.0641. The lowest BCUT2D eigenvalue weighted by atomic mass is 10.0. The number of piperazine rings is 1. The Labute approximate surface area is 160 Å². The van der Waals surface area contributed by atoms with Crippen LogP contribution >= 0.6 is 0 Å². The maximum absolute atomic E-state index is 13.7.